The van der Waals surface area contributed by atoms with Crippen LogP contribution in [-0.2, 0) is 10.0 Å². The number of nitrogens with one attached hydrogen (secondary N) is 1. The van der Waals surface area contributed by atoms with Crippen LogP contribution < -0.4 is 10.5 Å². The van der Waals surface area contributed by atoms with Gasteiger partial charge in [0.2, 0.25) is 10.0 Å². The van der Waals surface area contributed by atoms with Crippen LogP contribution in [0, 0.1) is 5.41 Å². The Kier molecular flexibility index (Phi) is 3.59. The summed E-state index contributed by atoms with van der Waals surface area (Å²) in [6.07, 6.45) is 5.68. The van der Waals surface area contributed by atoms with Gasteiger partial charge in [0.1, 0.15) is 10.7 Å². The average molecular weight is 269 g/mol. The highest BCUT2D eigenvalue weighted by Crippen LogP contribution is 2.49. The normalized spacial score (nSPS) is 17.6. The third-order valence-electron chi connectivity index (χ3n) is 3.44. The minimum atomic E-state index is -3.46. The molecule has 1 heterocycles. The van der Waals surface area contributed by atoms with Crippen molar-refractivity contribution in [1.82, 2.24) is 9.71 Å². The fraction of sp³-hybridized carbons (Fsp3) is 0.583. The lowest BCUT2D eigenvalue weighted by atomic mass is 10.0. The molecule has 100 valence electrons. The standard InChI is InChI=1S/C12H19N3O2S/c1-2-5-12(6-7-12)9-15-18(16,17)10-3-4-11(13)14-8-10/h3-4,8,15H,2,5-7,9H2,1H3,(H2,13,14). The zero-order chi connectivity index (χ0) is 13.2. The van der Waals surface area contributed by atoms with Gasteiger partial charge in [-0.25, -0.2) is 18.1 Å². The molecular weight excluding hydrogens is 250 g/mol. The lowest BCUT2D eigenvalue weighted by molar-refractivity contribution is 0.449. The highest BCUT2D eigenvalue weighted by molar-refractivity contribution is 7.89. The van der Waals surface area contributed by atoms with E-state index < -0.39 is 10.0 Å². The van der Waals surface area contributed by atoms with Crippen LogP contribution in [0.2, 0.25) is 0 Å². The second kappa shape index (κ2) is 4.85. The number of nitrogens with two attached hydrogens (primary N) is 1. The second-order valence-corrected chi connectivity index (χ2v) is 6.76. The van der Waals surface area contributed by atoms with Gasteiger partial charge in [0.05, 0.1) is 0 Å². The van der Waals surface area contributed by atoms with Crippen LogP contribution in [0.3, 0.4) is 0 Å². The quantitative estimate of drug-likeness (QED) is 0.820. The molecule has 0 saturated heterocycles. The first-order chi connectivity index (χ1) is 8.47. The summed E-state index contributed by atoms with van der Waals surface area (Å²) in [5.74, 6) is 0.318. The molecule has 3 N–H and O–H groups in total. The third-order valence-corrected chi connectivity index (χ3v) is 4.83. The van der Waals surface area contributed by atoms with Crippen molar-refractivity contribution in [2.45, 2.75) is 37.5 Å². The van der Waals surface area contributed by atoms with Crippen molar-refractivity contribution in [1.29, 1.82) is 0 Å². The molecule has 1 aromatic rings. The van der Waals surface area contributed by atoms with E-state index in [0.717, 1.165) is 25.7 Å². The monoisotopic (exact) mass is 269 g/mol. The molecule has 0 aliphatic heterocycles. The molecule has 0 bridgehead atoms. The zero-order valence-electron chi connectivity index (χ0n) is 10.5. The number of sulfonamides is 1. The molecular formula is C12H19N3O2S. The first-order valence-electron chi connectivity index (χ1n) is 6.19. The molecule has 1 aromatic heterocycles. The van der Waals surface area contributed by atoms with Crippen LogP contribution in [0.4, 0.5) is 5.82 Å². The molecule has 0 unspecified atom stereocenters. The Bertz CT molecular complexity index is 507. The maximum atomic E-state index is 12.0. The molecule has 1 aliphatic carbocycles. The van der Waals surface area contributed by atoms with Gasteiger partial charge in [0.15, 0.2) is 0 Å². The topological polar surface area (TPSA) is 85.1 Å². The highest BCUT2D eigenvalue weighted by Gasteiger charge is 2.42. The number of nitrogen functional groups attached to an aromatic ring is 1. The van der Waals surface area contributed by atoms with E-state index in [-0.39, 0.29) is 10.3 Å². The van der Waals surface area contributed by atoms with E-state index in [9.17, 15) is 8.42 Å². The zero-order valence-corrected chi connectivity index (χ0v) is 11.3. The van der Waals surface area contributed by atoms with E-state index in [0.29, 0.717) is 12.4 Å². The SMILES string of the molecule is CCCC1(CNS(=O)(=O)c2ccc(N)nc2)CC1. The summed E-state index contributed by atoms with van der Waals surface area (Å²) >= 11 is 0. The second-order valence-electron chi connectivity index (χ2n) is 4.99. The largest absolute Gasteiger partial charge is 0.384 e. The fourth-order valence-electron chi connectivity index (χ4n) is 2.10. The highest BCUT2D eigenvalue weighted by atomic mass is 32.2. The van der Waals surface area contributed by atoms with Crippen molar-refractivity contribution in [2.24, 2.45) is 5.41 Å². The number of nitrogens with zero attached hydrogens (tertiary/aromatic N) is 1. The van der Waals surface area contributed by atoms with Crippen LogP contribution in [-0.4, -0.2) is 19.9 Å². The molecule has 0 amide bonds. The molecule has 18 heavy (non-hydrogen) atoms. The molecule has 1 saturated carbocycles. The Morgan fingerprint density at radius 2 is 2.17 bits per heavy atom. The summed E-state index contributed by atoms with van der Waals surface area (Å²) in [6.45, 7) is 2.64. The van der Waals surface area contributed by atoms with E-state index in [1.54, 1.807) is 0 Å². The van der Waals surface area contributed by atoms with Gasteiger partial charge in [0.25, 0.3) is 0 Å². The molecule has 6 heteroatoms. The molecule has 1 fully saturated rings. The van der Waals surface area contributed by atoms with Gasteiger partial charge in [-0.15, -0.1) is 0 Å². The maximum absolute atomic E-state index is 12.0. The van der Waals surface area contributed by atoms with Gasteiger partial charge in [0, 0.05) is 12.7 Å². The molecule has 0 spiro atoms. The van der Waals surface area contributed by atoms with E-state index in [1.165, 1.54) is 18.3 Å². The number of hydrogen-bond donors (Lipinski definition) is 2. The summed E-state index contributed by atoms with van der Waals surface area (Å²) < 4.78 is 26.7. The number of aromatic nitrogens is 1. The predicted molar refractivity (Wildman–Crippen MR) is 70.4 cm³/mol. The Labute approximate surface area is 108 Å². The van der Waals surface area contributed by atoms with Crippen LogP contribution in [0.25, 0.3) is 0 Å². The summed E-state index contributed by atoms with van der Waals surface area (Å²) in [5, 5.41) is 0. The number of rotatable bonds is 6. The minimum absolute atomic E-state index is 0.170. The van der Waals surface area contributed by atoms with Crippen LogP contribution in [0.15, 0.2) is 23.2 Å². The van der Waals surface area contributed by atoms with Gasteiger partial charge in [-0.1, -0.05) is 13.3 Å². The van der Waals surface area contributed by atoms with Crippen LogP contribution in [0.1, 0.15) is 32.6 Å². The van der Waals surface area contributed by atoms with Crippen molar-refractivity contribution in [3.63, 3.8) is 0 Å². The summed E-state index contributed by atoms with van der Waals surface area (Å²) in [7, 11) is -3.46. The molecule has 0 radical (unpaired) electrons. The predicted octanol–water partition coefficient (Wildman–Crippen LogP) is 1.52. The average Bonchev–Trinajstić information content (AvgIpc) is 3.08. The van der Waals surface area contributed by atoms with Gasteiger partial charge in [-0.2, -0.15) is 0 Å². The molecule has 0 atom stereocenters. The number of pyridine rings is 1. The van der Waals surface area contributed by atoms with Crippen LogP contribution >= 0.6 is 0 Å². The van der Waals surface area contributed by atoms with Crippen molar-refractivity contribution in [3.8, 4) is 0 Å². The lowest BCUT2D eigenvalue weighted by Gasteiger charge is -2.15. The first kappa shape index (κ1) is 13.3. The van der Waals surface area contributed by atoms with Gasteiger partial charge in [-0.3, -0.25) is 0 Å². The fourth-order valence-corrected chi connectivity index (χ4v) is 3.21. The smallest absolute Gasteiger partial charge is 0.242 e. The van der Waals surface area contributed by atoms with Crippen molar-refractivity contribution in [2.75, 3.05) is 12.3 Å². The summed E-state index contributed by atoms with van der Waals surface area (Å²) in [4.78, 5) is 3.97. The van der Waals surface area contributed by atoms with E-state index in [1.807, 2.05) is 0 Å². The third kappa shape index (κ3) is 3.00. The maximum Gasteiger partial charge on any atom is 0.242 e. The van der Waals surface area contributed by atoms with E-state index in [4.69, 9.17) is 5.73 Å². The Balaban J connectivity index is 2.02. The van der Waals surface area contributed by atoms with Gasteiger partial charge >= 0.3 is 0 Å². The van der Waals surface area contributed by atoms with Crippen molar-refractivity contribution < 1.29 is 8.42 Å². The molecule has 2 rings (SSSR count). The van der Waals surface area contributed by atoms with Gasteiger partial charge in [-0.05, 0) is 36.8 Å². The Morgan fingerprint density at radius 1 is 1.44 bits per heavy atom. The van der Waals surface area contributed by atoms with Crippen molar-refractivity contribution >= 4 is 15.8 Å². The first-order valence-corrected chi connectivity index (χ1v) is 7.67. The summed E-state index contributed by atoms with van der Waals surface area (Å²) in [6, 6.07) is 2.97. The van der Waals surface area contributed by atoms with Gasteiger partial charge < -0.3 is 5.73 Å². The van der Waals surface area contributed by atoms with Crippen LogP contribution in [0.5, 0.6) is 0 Å². The number of anilines is 1. The lowest BCUT2D eigenvalue weighted by Crippen LogP contribution is -2.30. The molecule has 1 aliphatic rings. The Morgan fingerprint density at radius 3 is 2.67 bits per heavy atom. The Hall–Kier alpha value is -1.14. The number of hydrogen-bond acceptors (Lipinski definition) is 4. The van der Waals surface area contributed by atoms with Crippen molar-refractivity contribution in [3.05, 3.63) is 18.3 Å². The van der Waals surface area contributed by atoms with E-state index >= 15 is 0 Å². The van der Waals surface area contributed by atoms with E-state index in [2.05, 4.69) is 16.6 Å². The molecule has 5 nitrogen and oxygen atoms in total. The molecule has 0 aromatic carbocycles. The minimum Gasteiger partial charge on any atom is -0.384 e. The summed E-state index contributed by atoms with van der Waals surface area (Å²) in [5.41, 5.74) is 5.63.